The Hall–Kier alpha value is -2.34. The van der Waals surface area contributed by atoms with Gasteiger partial charge >= 0.3 is 0 Å². The Morgan fingerprint density at radius 3 is 1.88 bits per heavy atom. The van der Waals surface area contributed by atoms with Crippen molar-refractivity contribution in [1.29, 1.82) is 0 Å². The Morgan fingerprint density at radius 2 is 1.41 bits per heavy atom. The van der Waals surface area contributed by atoms with Crippen LogP contribution in [0, 0.1) is 7.14 Å². The molecule has 2 N–H and O–H groups in total. The number of amides is 2. The second kappa shape index (κ2) is 11.5. The van der Waals surface area contributed by atoms with Crippen molar-refractivity contribution in [2.24, 2.45) is 0 Å². The zero-order valence-corrected chi connectivity index (χ0v) is 21.8. The van der Waals surface area contributed by atoms with Crippen LogP contribution in [0.5, 0.6) is 11.5 Å². The summed E-state index contributed by atoms with van der Waals surface area (Å²) in [5.74, 6) is 0.500. The van der Waals surface area contributed by atoms with Crippen molar-refractivity contribution in [3.8, 4) is 11.5 Å². The van der Waals surface area contributed by atoms with Crippen LogP contribution in [0.3, 0.4) is 0 Å². The summed E-state index contributed by atoms with van der Waals surface area (Å²) >= 11 is 4.31. The molecule has 166 valence electrons. The Bertz CT molecular complexity index is 1060. The highest BCUT2D eigenvalue weighted by Crippen LogP contribution is 2.30. The molecule has 6 nitrogen and oxygen atoms in total. The van der Waals surface area contributed by atoms with Crippen LogP contribution in [0.1, 0.15) is 39.4 Å². The first-order valence-electron chi connectivity index (χ1n) is 9.85. The van der Waals surface area contributed by atoms with Crippen molar-refractivity contribution in [1.82, 2.24) is 10.6 Å². The summed E-state index contributed by atoms with van der Waals surface area (Å²) in [6, 6.07) is 19.8. The van der Waals surface area contributed by atoms with Gasteiger partial charge in [0.1, 0.15) is 6.17 Å². The van der Waals surface area contributed by atoms with Crippen molar-refractivity contribution in [2.45, 2.75) is 13.1 Å². The third kappa shape index (κ3) is 6.35. The molecular weight excluding hydrogens is 634 g/mol. The van der Waals surface area contributed by atoms with E-state index in [2.05, 4.69) is 55.8 Å². The van der Waals surface area contributed by atoms with Crippen LogP contribution in [0.2, 0.25) is 0 Å². The van der Waals surface area contributed by atoms with Crippen molar-refractivity contribution in [3.05, 3.63) is 90.6 Å². The SMILES string of the molecule is CCOc1ccc(C(NC(=O)c2cccc(I)c2)NC(=O)c2cccc(I)c2)cc1OC. The molecule has 0 radical (unpaired) electrons. The molecule has 0 spiro atoms. The molecule has 0 unspecified atom stereocenters. The lowest BCUT2D eigenvalue weighted by Gasteiger charge is -2.22. The van der Waals surface area contributed by atoms with Gasteiger partial charge in [0.05, 0.1) is 13.7 Å². The van der Waals surface area contributed by atoms with E-state index in [1.165, 1.54) is 0 Å². The number of methoxy groups -OCH3 is 1. The van der Waals surface area contributed by atoms with Crippen LogP contribution in [0.25, 0.3) is 0 Å². The molecule has 0 atom stereocenters. The minimum atomic E-state index is -0.782. The summed E-state index contributed by atoms with van der Waals surface area (Å²) in [7, 11) is 1.55. The van der Waals surface area contributed by atoms with Gasteiger partial charge in [-0.1, -0.05) is 18.2 Å². The van der Waals surface area contributed by atoms with Crippen LogP contribution in [0.15, 0.2) is 66.7 Å². The normalized spacial score (nSPS) is 10.5. The average Bonchev–Trinajstić information content (AvgIpc) is 2.79. The number of rotatable bonds is 8. The van der Waals surface area contributed by atoms with Gasteiger partial charge < -0.3 is 20.1 Å². The van der Waals surface area contributed by atoms with Gasteiger partial charge in [-0.2, -0.15) is 0 Å². The van der Waals surface area contributed by atoms with Gasteiger partial charge in [-0.3, -0.25) is 9.59 Å². The first kappa shape index (κ1) is 24.3. The third-order valence-electron chi connectivity index (χ3n) is 4.55. The maximum Gasteiger partial charge on any atom is 0.253 e. The molecule has 3 rings (SSSR count). The monoisotopic (exact) mass is 656 g/mol. The number of halogens is 2. The van der Waals surface area contributed by atoms with Crippen molar-refractivity contribution in [2.75, 3.05) is 13.7 Å². The van der Waals surface area contributed by atoms with E-state index in [0.29, 0.717) is 34.8 Å². The fraction of sp³-hybridized carbons (Fsp3) is 0.167. The number of hydrogen-bond donors (Lipinski definition) is 2. The highest BCUT2D eigenvalue weighted by atomic mass is 127. The minimum Gasteiger partial charge on any atom is -0.493 e. The van der Waals surface area contributed by atoms with Crippen LogP contribution >= 0.6 is 45.2 Å². The Kier molecular flexibility index (Phi) is 8.74. The molecule has 8 heteroatoms. The van der Waals surface area contributed by atoms with E-state index in [1.54, 1.807) is 49.6 Å². The lowest BCUT2D eigenvalue weighted by atomic mass is 10.1. The molecule has 2 amide bonds. The van der Waals surface area contributed by atoms with Gasteiger partial charge in [-0.15, -0.1) is 0 Å². The number of carbonyl (C=O) groups excluding carboxylic acids is 2. The van der Waals surface area contributed by atoms with Gasteiger partial charge in [-0.25, -0.2) is 0 Å². The zero-order chi connectivity index (χ0) is 23.1. The molecule has 0 saturated carbocycles. The van der Waals surface area contributed by atoms with Crippen LogP contribution in [-0.2, 0) is 0 Å². The van der Waals surface area contributed by atoms with E-state index in [-0.39, 0.29) is 11.8 Å². The number of ether oxygens (including phenoxy) is 2. The Labute approximate surface area is 214 Å². The summed E-state index contributed by atoms with van der Waals surface area (Å²) in [6.07, 6.45) is -0.782. The summed E-state index contributed by atoms with van der Waals surface area (Å²) in [5.41, 5.74) is 1.66. The first-order valence-corrected chi connectivity index (χ1v) is 12.0. The molecule has 0 aromatic heterocycles. The minimum absolute atomic E-state index is 0.302. The number of carbonyl (C=O) groups is 2. The third-order valence-corrected chi connectivity index (χ3v) is 5.89. The standard InChI is InChI=1S/C24H22I2N2O4/c1-3-32-20-11-10-15(14-21(20)31-2)22(27-23(29)16-6-4-8-18(25)12-16)28-24(30)17-7-5-9-19(26)13-17/h4-14,22H,3H2,1-2H3,(H,27,29)(H,28,30). The average molecular weight is 656 g/mol. The molecule has 0 aliphatic heterocycles. The summed E-state index contributed by atoms with van der Waals surface area (Å²) < 4.78 is 12.9. The number of nitrogens with one attached hydrogen (secondary N) is 2. The second-order valence-electron chi connectivity index (χ2n) is 6.74. The zero-order valence-electron chi connectivity index (χ0n) is 17.5. The molecule has 0 aliphatic carbocycles. The molecule has 3 aromatic rings. The second-order valence-corrected chi connectivity index (χ2v) is 9.24. The first-order chi connectivity index (χ1) is 15.4. The number of hydrogen-bond acceptors (Lipinski definition) is 4. The smallest absolute Gasteiger partial charge is 0.253 e. The van der Waals surface area contributed by atoms with Gasteiger partial charge in [0, 0.05) is 18.3 Å². The maximum atomic E-state index is 13.0. The Morgan fingerprint density at radius 1 is 0.844 bits per heavy atom. The molecule has 0 aliphatic rings. The fourth-order valence-electron chi connectivity index (χ4n) is 3.03. The molecular formula is C24H22I2N2O4. The molecule has 0 fully saturated rings. The predicted molar refractivity (Wildman–Crippen MR) is 140 cm³/mol. The Balaban J connectivity index is 1.93. The van der Waals surface area contributed by atoms with Crippen LogP contribution in [-0.4, -0.2) is 25.5 Å². The van der Waals surface area contributed by atoms with Gasteiger partial charge in [0.25, 0.3) is 11.8 Å². The topological polar surface area (TPSA) is 76.7 Å². The molecule has 0 saturated heterocycles. The van der Waals surface area contributed by atoms with Crippen molar-refractivity contribution in [3.63, 3.8) is 0 Å². The maximum absolute atomic E-state index is 13.0. The van der Waals surface area contributed by atoms with E-state index in [1.807, 2.05) is 31.2 Å². The van der Waals surface area contributed by atoms with E-state index in [0.717, 1.165) is 7.14 Å². The molecule has 32 heavy (non-hydrogen) atoms. The van der Waals surface area contributed by atoms with Gasteiger partial charge in [0.15, 0.2) is 11.5 Å². The van der Waals surface area contributed by atoms with Crippen LogP contribution < -0.4 is 20.1 Å². The van der Waals surface area contributed by atoms with E-state index in [9.17, 15) is 9.59 Å². The lowest BCUT2D eigenvalue weighted by Crippen LogP contribution is -2.41. The highest BCUT2D eigenvalue weighted by molar-refractivity contribution is 14.1. The van der Waals surface area contributed by atoms with E-state index < -0.39 is 6.17 Å². The summed E-state index contributed by atoms with van der Waals surface area (Å²) in [5, 5.41) is 5.84. The van der Waals surface area contributed by atoms with Gasteiger partial charge in [-0.05, 0) is 106 Å². The quantitative estimate of drug-likeness (QED) is 0.260. The van der Waals surface area contributed by atoms with E-state index in [4.69, 9.17) is 9.47 Å². The molecule has 3 aromatic carbocycles. The number of benzene rings is 3. The highest BCUT2D eigenvalue weighted by Gasteiger charge is 2.21. The largest absolute Gasteiger partial charge is 0.493 e. The lowest BCUT2D eigenvalue weighted by molar-refractivity contribution is 0.0883. The fourth-order valence-corrected chi connectivity index (χ4v) is 4.12. The van der Waals surface area contributed by atoms with Crippen molar-refractivity contribution < 1.29 is 19.1 Å². The van der Waals surface area contributed by atoms with Crippen molar-refractivity contribution >= 4 is 57.0 Å². The van der Waals surface area contributed by atoms with Gasteiger partial charge in [0.2, 0.25) is 0 Å². The van der Waals surface area contributed by atoms with Crippen LogP contribution in [0.4, 0.5) is 0 Å². The molecule has 0 bridgehead atoms. The summed E-state index contributed by atoms with van der Waals surface area (Å²) in [4.78, 5) is 25.9. The predicted octanol–water partition coefficient (Wildman–Crippen LogP) is 5.16. The molecule has 0 heterocycles. The summed E-state index contributed by atoms with van der Waals surface area (Å²) in [6.45, 7) is 2.38. The van der Waals surface area contributed by atoms with E-state index >= 15 is 0 Å².